The van der Waals surface area contributed by atoms with E-state index in [2.05, 4.69) is 0 Å². The third-order valence-electron chi connectivity index (χ3n) is 3.04. The summed E-state index contributed by atoms with van der Waals surface area (Å²) in [6.45, 7) is 7.34. The minimum atomic E-state index is -0.758. The number of carboxylic acid groups (broad SMARTS) is 1. The lowest BCUT2D eigenvalue weighted by Gasteiger charge is -2.17. The summed E-state index contributed by atoms with van der Waals surface area (Å²) in [6.07, 6.45) is 0.566. The van der Waals surface area contributed by atoms with Gasteiger partial charge in [-0.05, 0) is 31.6 Å². The molecule has 0 radical (unpaired) electrons. The Kier molecular flexibility index (Phi) is 2.19. The van der Waals surface area contributed by atoms with Gasteiger partial charge in [-0.2, -0.15) is 0 Å². The van der Waals surface area contributed by atoms with E-state index >= 15 is 0 Å². The first-order valence-corrected chi connectivity index (χ1v) is 4.61. The molecule has 2 N–H and O–H groups in total. The molecule has 76 valence electrons. The topological polar surface area (TPSA) is 57.5 Å². The Bertz CT molecular complexity index is 225. The van der Waals surface area contributed by atoms with E-state index in [1.807, 2.05) is 13.8 Å². The van der Waals surface area contributed by atoms with Gasteiger partial charge in [-0.1, -0.05) is 13.8 Å². The van der Waals surface area contributed by atoms with E-state index in [0.29, 0.717) is 6.42 Å². The molecule has 0 heterocycles. The van der Waals surface area contributed by atoms with Crippen molar-refractivity contribution in [1.29, 1.82) is 0 Å². The smallest absolute Gasteiger partial charge is 0.307 e. The average molecular weight is 186 g/mol. The molecule has 1 aliphatic carbocycles. The Hall–Kier alpha value is -0.570. The number of carbonyl (C=O) groups is 1. The lowest BCUT2D eigenvalue weighted by molar-refractivity contribution is -0.139. The van der Waals surface area contributed by atoms with Crippen molar-refractivity contribution in [2.75, 3.05) is 0 Å². The Balaban J connectivity index is 2.61. The average Bonchev–Trinajstić information content (AvgIpc) is 2.28. The van der Waals surface area contributed by atoms with Gasteiger partial charge in [0, 0.05) is 0 Å². The minimum Gasteiger partial charge on any atom is -0.481 e. The first-order valence-electron chi connectivity index (χ1n) is 4.61. The van der Waals surface area contributed by atoms with Gasteiger partial charge in [0.15, 0.2) is 0 Å². The summed E-state index contributed by atoms with van der Waals surface area (Å²) in [5.41, 5.74) is -0.905. The fourth-order valence-corrected chi connectivity index (χ4v) is 2.15. The lowest BCUT2D eigenvalue weighted by Crippen LogP contribution is -2.20. The summed E-state index contributed by atoms with van der Waals surface area (Å²) in [6, 6.07) is 0. The van der Waals surface area contributed by atoms with E-state index in [1.54, 1.807) is 13.8 Å². The van der Waals surface area contributed by atoms with E-state index in [9.17, 15) is 9.90 Å². The molecule has 1 rings (SSSR count). The van der Waals surface area contributed by atoms with Gasteiger partial charge in [-0.3, -0.25) is 4.79 Å². The molecule has 2 atom stereocenters. The highest BCUT2D eigenvalue weighted by molar-refractivity contribution is 5.75. The van der Waals surface area contributed by atoms with E-state index in [1.165, 1.54) is 0 Å². The Labute approximate surface area is 78.8 Å². The first-order chi connectivity index (χ1) is 5.66. The Morgan fingerprint density at radius 2 is 1.92 bits per heavy atom. The highest BCUT2D eigenvalue weighted by Crippen LogP contribution is 2.61. The van der Waals surface area contributed by atoms with Crippen molar-refractivity contribution in [3.05, 3.63) is 0 Å². The highest BCUT2D eigenvalue weighted by Gasteiger charge is 2.62. The zero-order valence-electron chi connectivity index (χ0n) is 8.66. The van der Waals surface area contributed by atoms with Gasteiger partial charge in [0.05, 0.1) is 11.5 Å². The van der Waals surface area contributed by atoms with Crippen molar-refractivity contribution in [3.63, 3.8) is 0 Å². The van der Waals surface area contributed by atoms with Gasteiger partial charge >= 0.3 is 5.97 Å². The van der Waals surface area contributed by atoms with Crippen LogP contribution in [-0.2, 0) is 4.79 Å². The van der Waals surface area contributed by atoms with Gasteiger partial charge < -0.3 is 10.2 Å². The molecule has 0 saturated heterocycles. The highest BCUT2D eigenvalue weighted by atomic mass is 16.4. The molecule has 0 bridgehead atoms. The maximum absolute atomic E-state index is 10.8. The van der Waals surface area contributed by atoms with Crippen LogP contribution < -0.4 is 0 Å². The number of aliphatic carboxylic acids is 1. The molecule has 13 heavy (non-hydrogen) atoms. The molecule has 0 aromatic heterocycles. The fraction of sp³-hybridized carbons (Fsp3) is 0.900. The van der Waals surface area contributed by atoms with Crippen LogP contribution in [0.5, 0.6) is 0 Å². The van der Waals surface area contributed by atoms with Crippen LogP contribution in [0.1, 0.15) is 34.1 Å². The molecule has 0 unspecified atom stereocenters. The van der Waals surface area contributed by atoms with Crippen molar-refractivity contribution in [1.82, 2.24) is 0 Å². The fourth-order valence-electron chi connectivity index (χ4n) is 2.15. The molecule has 1 aliphatic rings. The quantitative estimate of drug-likeness (QED) is 0.702. The van der Waals surface area contributed by atoms with Crippen LogP contribution in [0.25, 0.3) is 0 Å². The minimum absolute atomic E-state index is 0.116. The predicted molar refractivity (Wildman–Crippen MR) is 49.3 cm³/mol. The largest absolute Gasteiger partial charge is 0.481 e. The molecule has 0 aliphatic heterocycles. The molecular formula is C10H18O3. The number of rotatable bonds is 3. The molecule has 3 heteroatoms. The second-order valence-corrected chi connectivity index (χ2v) is 5.26. The van der Waals surface area contributed by atoms with Gasteiger partial charge in [-0.15, -0.1) is 0 Å². The third kappa shape index (κ3) is 2.02. The van der Waals surface area contributed by atoms with E-state index in [0.717, 1.165) is 0 Å². The zero-order valence-corrected chi connectivity index (χ0v) is 8.66. The standard InChI is InChI=1S/C10H18O3/c1-9(2,13)5-6-7(8(11)12)10(6,3)4/h6-7,13H,5H2,1-4H3,(H,11,12)/t6-,7-/m0/s1. The molecule has 0 aromatic rings. The van der Waals surface area contributed by atoms with Gasteiger partial charge in [0.2, 0.25) is 0 Å². The molecule has 0 amide bonds. The zero-order chi connectivity index (χ0) is 10.4. The second kappa shape index (κ2) is 2.71. The number of hydrogen-bond acceptors (Lipinski definition) is 2. The van der Waals surface area contributed by atoms with Crippen molar-refractivity contribution in [2.45, 2.75) is 39.7 Å². The number of aliphatic hydroxyl groups is 1. The first kappa shape index (κ1) is 10.5. The summed E-state index contributed by atoms with van der Waals surface area (Å²) in [5, 5.41) is 18.4. The normalized spacial score (nSPS) is 31.5. The van der Waals surface area contributed by atoms with E-state index in [4.69, 9.17) is 5.11 Å². The maximum Gasteiger partial charge on any atom is 0.307 e. The Morgan fingerprint density at radius 1 is 1.46 bits per heavy atom. The summed E-state index contributed by atoms with van der Waals surface area (Å²) in [7, 11) is 0. The predicted octanol–water partition coefficient (Wildman–Crippen LogP) is 1.50. The van der Waals surface area contributed by atoms with Crippen molar-refractivity contribution in [2.24, 2.45) is 17.3 Å². The molecule has 0 spiro atoms. The van der Waals surface area contributed by atoms with Crippen LogP contribution >= 0.6 is 0 Å². The van der Waals surface area contributed by atoms with Crippen molar-refractivity contribution < 1.29 is 15.0 Å². The summed E-state index contributed by atoms with van der Waals surface area (Å²) >= 11 is 0. The molecule has 1 fully saturated rings. The maximum atomic E-state index is 10.8. The second-order valence-electron chi connectivity index (χ2n) is 5.26. The van der Waals surface area contributed by atoms with Crippen LogP contribution in [0.4, 0.5) is 0 Å². The molecule has 1 saturated carbocycles. The van der Waals surface area contributed by atoms with Crippen LogP contribution in [-0.4, -0.2) is 21.8 Å². The molecular weight excluding hydrogens is 168 g/mol. The van der Waals surface area contributed by atoms with Crippen LogP contribution in [0.3, 0.4) is 0 Å². The molecule has 0 aromatic carbocycles. The van der Waals surface area contributed by atoms with Crippen molar-refractivity contribution >= 4 is 5.97 Å². The van der Waals surface area contributed by atoms with Gasteiger partial charge in [-0.25, -0.2) is 0 Å². The van der Waals surface area contributed by atoms with Crippen molar-refractivity contribution in [3.8, 4) is 0 Å². The van der Waals surface area contributed by atoms with Gasteiger partial charge in [0.1, 0.15) is 0 Å². The Morgan fingerprint density at radius 3 is 2.15 bits per heavy atom. The SMILES string of the molecule is CC(C)(O)C[C@H]1[C@@H](C(=O)O)C1(C)C. The van der Waals surface area contributed by atoms with Gasteiger partial charge in [0.25, 0.3) is 0 Å². The summed E-state index contributed by atoms with van der Waals surface area (Å²) < 4.78 is 0. The number of carboxylic acids is 1. The number of hydrogen-bond donors (Lipinski definition) is 2. The van der Waals surface area contributed by atoms with E-state index in [-0.39, 0.29) is 17.3 Å². The lowest BCUT2D eigenvalue weighted by atomic mass is 9.97. The summed E-state index contributed by atoms with van der Waals surface area (Å²) in [5.74, 6) is -0.900. The summed E-state index contributed by atoms with van der Waals surface area (Å²) in [4.78, 5) is 10.8. The van der Waals surface area contributed by atoms with Crippen LogP contribution in [0.2, 0.25) is 0 Å². The monoisotopic (exact) mass is 186 g/mol. The molecule has 3 nitrogen and oxygen atoms in total. The van der Waals surface area contributed by atoms with E-state index < -0.39 is 11.6 Å². The van der Waals surface area contributed by atoms with Crippen LogP contribution in [0.15, 0.2) is 0 Å². The third-order valence-corrected chi connectivity index (χ3v) is 3.04. The van der Waals surface area contributed by atoms with Crippen LogP contribution in [0, 0.1) is 17.3 Å².